The summed E-state index contributed by atoms with van der Waals surface area (Å²) >= 11 is 0. The van der Waals surface area contributed by atoms with Crippen LogP contribution < -0.4 is 10.2 Å². The molecule has 0 radical (unpaired) electrons. The molecule has 0 spiro atoms. The van der Waals surface area contributed by atoms with Gasteiger partial charge < -0.3 is 10.2 Å². The van der Waals surface area contributed by atoms with Crippen molar-refractivity contribution in [2.75, 3.05) is 44.2 Å². The van der Waals surface area contributed by atoms with Crippen LogP contribution in [0.1, 0.15) is 45.7 Å². The maximum Gasteiger partial charge on any atom is 0.0366 e. The third kappa shape index (κ3) is 6.44. The van der Waals surface area contributed by atoms with Gasteiger partial charge in [-0.25, -0.2) is 0 Å². The fourth-order valence-corrected chi connectivity index (χ4v) is 3.43. The average molecular weight is 376 g/mol. The number of rotatable bonds is 7. The summed E-state index contributed by atoms with van der Waals surface area (Å²) < 4.78 is 0. The molecule has 24 heavy (non-hydrogen) atoms. The quantitative estimate of drug-likeness (QED) is 0.762. The Bertz CT molecular complexity index is 427. The van der Waals surface area contributed by atoms with Crippen LogP contribution in [0.15, 0.2) is 24.3 Å². The Morgan fingerprint density at radius 3 is 2.00 bits per heavy atom. The van der Waals surface area contributed by atoms with Gasteiger partial charge in [0.05, 0.1) is 0 Å². The molecule has 1 aliphatic rings. The molecule has 1 heterocycles. The third-order valence-electron chi connectivity index (χ3n) is 4.69. The largest absolute Gasteiger partial charge is 0.372 e. The van der Waals surface area contributed by atoms with E-state index in [9.17, 15) is 0 Å². The number of benzene rings is 1. The van der Waals surface area contributed by atoms with E-state index < -0.39 is 0 Å². The molecular weight excluding hydrogens is 341 g/mol. The van der Waals surface area contributed by atoms with E-state index in [-0.39, 0.29) is 24.8 Å². The molecular formula is C19H35Cl2N3. The van der Waals surface area contributed by atoms with Crippen LogP contribution in [0.4, 0.5) is 5.69 Å². The van der Waals surface area contributed by atoms with Crippen LogP contribution in [0.3, 0.4) is 0 Å². The van der Waals surface area contributed by atoms with Gasteiger partial charge >= 0.3 is 0 Å². The Kier molecular flexibility index (Phi) is 11.7. The first-order valence-electron chi connectivity index (χ1n) is 8.95. The monoisotopic (exact) mass is 375 g/mol. The van der Waals surface area contributed by atoms with Gasteiger partial charge in [-0.2, -0.15) is 0 Å². The summed E-state index contributed by atoms with van der Waals surface area (Å²) in [5, 5.41) is 3.47. The van der Waals surface area contributed by atoms with E-state index in [1.807, 2.05) is 0 Å². The minimum absolute atomic E-state index is 0. The van der Waals surface area contributed by atoms with Gasteiger partial charge in [-0.05, 0) is 43.9 Å². The summed E-state index contributed by atoms with van der Waals surface area (Å²) in [5.41, 5.74) is 2.82. The van der Waals surface area contributed by atoms with Gasteiger partial charge in [-0.1, -0.05) is 26.0 Å². The van der Waals surface area contributed by atoms with E-state index >= 15 is 0 Å². The van der Waals surface area contributed by atoms with E-state index in [1.54, 1.807) is 0 Å². The molecule has 2 rings (SSSR count). The zero-order valence-electron chi connectivity index (χ0n) is 15.6. The highest BCUT2D eigenvalue weighted by Crippen LogP contribution is 2.29. The smallest absolute Gasteiger partial charge is 0.0366 e. The van der Waals surface area contributed by atoms with Crippen molar-refractivity contribution in [3.8, 4) is 0 Å². The summed E-state index contributed by atoms with van der Waals surface area (Å²) in [6.45, 7) is 15.8. The lowest BCUT2D eigenvalue weighted by atomic mass is 9.95. The fraction of sp³-hybridized carbons (Fsp3) is 0.684. The second-order valence-electron chi connectivity index (χ2n) is 6.70. The SMILES string of the molecule is CCN(CC)c1ccc([C@H](CC(C)C)N2CCNCC2)cc1.Cl.Cl. The summed E-state index contributed by atoms with van der Waals surface area (Å²) in [7, 11) is 0. The van der Waals surface area contributed by atoms with Crippen LogP contribution in [-0.4, -0.2) is 44.2 Å². The lowest BCUT2D eigenvalue weighted by molar-refractivity contribution is 0.154. The lowest BCUT2D eigenvalue weighted by Crippen LogP contribution is -2.45. The zero-order chi connectivity index (χ0) is 15.9. The number of nitrogens with one attached hydrogen (secondary N) is 1. The summed E-state index contributed by atoms with van der Waals surface area (Å²) in [6.07, 6.45) is 1.24. The normalized spacial score (nSPS) is 16.2. The Balaban J connectivity index is 0.00000264. The molecule has 0 unspecified atom stereocenters. The van der Waals surface area contributed by atoms with Crippen LogP contribution in [0.25, 0.3) is 0 Å². The molecule has 1 aromatic carbocycles. The first-order chi connectivity index (χ1) is 10.7. The van der Waals surface area contributed by atoms with Gasteiger partial charge in [0, 0.05) is 51.0 Å². The van der Waals surface area contributed by atoms with Crippen molar-refractivity contribution in [2.24, 2.45) is 5.92 Å². The number of halogens is 2. The van der Waals surface area contributed by atoms with Crippen LogP contribution in [0.5, 0.6) is 0 Å². The molecule has 0 amide bonds. The van der Waals surface area contributed by atoms with E-state index in [4.69, 9.17) is 0 Å². The molecule has 1 N–H and O–H groups in total. The third-order valence-corrected chi connectivity index (χ3v) is 4.69. The average Bonchev–Trinajstić information content (AvgIpc) is 2.55. The Morgan fingerprint density at radius 1 is 1.00 bits per heavy atom. The van der Waals surface area contributed by atoms with Crippen LogP contribution >= 0.6 is 24.8 Å². The van der Waals surface area contributed by atoms with E-state index in [0.29, 0.717) is 6.04 Å². The predicted octanol–water partition coefficient (Wildman–Crippen LogP) is 4.37. The molecule has 1 fully saturated rings. The standard InChI is InChI=1S/C19H33N3.2ClH/c1-5-21(6-2)18-9-7-17(8-10-18)19(15-16(3)4)22-13-11-20-12-14-22;;/h7-10,16,19-20H,5-6,11-15H2,1-4H3;2*1H/t19-;;/m0../s1. The second-order valence-corrected chi connectivity index (χ2v) is 6.70. The van der Waals surface area contributed by atoms with Crippen molar-refractivity contribution in [3.63, 3.8) is 0 Å². The molecule has 5 heteroatoms. The minimum atomic E-state index is 0. The van der Waals surface area contributed by atoms with Crippen LogP contribution in [0, 0.1) is 5.92 Å². The maximum atomic E-state index is 3.47. The highest BCUT2D eigenvalue weighted by atomic mass is 35.5. The van der Waals surface area contributed by atoms with Crippen molar-refractivity contribution in [3.05, 3.63) is 29.8 Å². The topological polar surface area (TPSA) is 18.5 Å². The predicted molar refractivity (Wildman–Crippen MR) is 111 cm³/mol. The minimum Gasteiger partial charge on any atom is -0.372 e. The number of nitrogens with zero attached hydrogens (tertiary/aromatic N) is 2. The molecule has 0 bridgehead atoms. The van der Waals surface area contributed by atoms with Crippen molar-refractivity contribution in [1.29, 1.82) is 0 Å². The Hall–Kier alpha value is -0.480. The fourth-order valence-electron chi connectivity index (χ4n) is 3.43. The number of piperazine rings is 1. The molecule has 3 nitrogen and oxygen atoms in total. The molecule has 1 saturated heterocycles. The number of hydrogen-bond donors (Lipinski definition) is 1. The van der Waals surface area contributed by atoms with Crippen molar-refractivity contribution in [2.45, 2.75) is 40.2 Å². The van der Waals surface area contributed by atoms with Crippen LogP contribution in [0.2, 0.25) is 0 Å². The van der Waals surface area contributed by atoms with Crippen molar-refractivity contribution < 1.29 is 0 Å². The summed E-state index contributed by atoms with van der Waals surface area (Å²) in [4.78, 5) is 5.06. The van der Waals surface area contributed by atoms with E-state index in [2.05, 4.69) is 67.1 Å². The van der Waals surface area contributed by atoms with Crippen LogP contribution in [-0.2, 0) is 0 Å². The summed E-state index contributed by atoms with van der Waals surface area (Å²) in [6, 6.07) is 9.87. The van der Waals surface area contributed by atoms with E-state index in [1.165, 1.54) is 17.7 Å². The molecule has 1 aromatic rings. The van der Waals surface area contributed by atoms with Gasteiger partial charge in [0.2, 0.25) is 0 Å². The number of anilines is 1. The first kappa shape index (κ1) is 23.5. The van der Waals surface area contributed by atoms with Gasteiger partial charge in [-0.3, -0.25) is 4.90 Å². The molecule has 0 aromatic heterocycles. The van der Waals surface area contributed by atoms with Gasteiger partial charge in [-0.15, -0.1) is 24.8 Å². The van der Waals surface area contributed by atoms with Gasteiger partial charge in [0.25, 0.3) is 0 Å². The molecule has 0 saturated carbocycles. The van der Waals surface area contributed by atoms with Gasteiger partial charge in [0.1, 0.15) is 0 Å². The number of hydrogen-bond acceptors (Lipinski definition) is 3. The highest BCUT2D eigenvalue weighted by Gasteiger charge is 2.23. The molecule has 140 valence electrons. The van der Waals surface area contributed by atoms with E-state index in [0.717, 1.165) is 45.2 Å². The second kappa shape index (κ2) is 12.0. The zero-order valence-corrected chi connectivity index (χ0v) is 17.3. The molecule has 0 aliphatic carbocycles. The Labute approximate surface area is 161 Å². The molecule has 1 aliphatic heterocycles. The highest BCUT2D eigenvalue weighted by molar-refractivity contribution is 5.85. The maximum absolute atomic E-state index is 3.47. The van der Waals surface area contributed by atoms with Crippen molar-refractivity contribution in [1.82, 2.24) is 10.2 Å². The Morgan fingerprint density at radius 2 is 1.54 bits per heavy atom. The first-order valence-corrected chi connectivity index (χ1v) is 8.95. The summed E-state index contributed by atoms with van der Waals surface area (Å²) in [5.74, 6) is 0.724. The van der Waals surface area contributed by atoms with Gasteiger partial charge in [0.15, 0.2) is 0 Å². The molecule has 1 atom stereocenters. The van der Waals surface area contributed by atoms with Crippen molar-refractivity contribution >= 4 is 30.5 Å². The lowest BCUT2D eigenvalue weighted by Gasteiger charge is -2.36.